The van der Waals surface area contributed by atoms with Crippen molar-refractivity contribution in [3.05, 3.63) is 6.92 Å². The fraction of sp³-hybridized carbons (Fsp3) is 0.625. The Morgan fingerprint density at radius 3 is 1.31 bits per heavy atom. The molecule has 1 radical (unpaired) electrons. The average Bonchev–Trinajstić information content (AvgIpc) is 1.89. The maximum atomic E-state index is 9.00. The maximum Gasteiger partial charge on any atom is 1.00 e. The first-order valence-electron chi connectivity index (χ1n) is 3.57. The van der Waals surface area contributed by atoms with Crippen LogP contribution in [0.25, 0.3) is 0 Å². The first kappa shape index (κ1) is 43.5. The van der Waals surface area contributed by atoms with Gasteiger partial charge in [-0.2, -0.15) is 12.6 Å². The van der Waals surface area contributed by atoms with E-state index in [1.165, 1.54) is 0 Å². The number of thiol groups is 2. The molecule has 0 aromatic rings. The van der Waals surface area contributed by atoms with E-state index in [1.807, 2.05) is 6.92 Å². The summed E-state index contributed by atoms with van der Waals surface area (Å²) in [5.41, 5.74) is 0. The van der Waals surface area contributed by atoms with Crippen LogP contribution in [0.1, 0.15) is 27.7 Å². The molecule has 0 aromatic heterocycles. The number of rotatable bonds is 0. The van der Waals surface area contributed by atoms with Crippen molar-refractivity contribution in [2.45, 2.75) is 27.7 Å². The Kier molecular flexibility index (Phi) is 153. The van der Waals surface area contributed by atoms with Gasteiger partial charge in [0.1, 0.15) is 0 Å². The van der Waals surface area contributed by atoms with Gasteiger partial charge in [-0.15, -0.1) is 0 Å². The minimum Gasteiger partial charge on any atom is -0.813 e. The largest absolute Gasteiger partial charge is 1.00 e. The molecule has 109 valence electrons. The van der Waals surface area contributed by atoms with E-state index in [4.69, 9.17) is 19.8 Å². The van der Waals surface area contributed by atoms with E-state index in [2.05, 4.69) is 19.6 Å². The summed E-state index contributed by atoms with van der Waals surface area (Å²) in [4.78, 5) is 17.9. The zero-order chi connectivity index (χ0) is 11.9. The van der Waals surface area contributed by atoms with Gasteiger partial charge in [0.2, 0.25) is 0 Å². The molecular weight excluding hydrogens is 440 g/mol. The molecule has 0 aliphatic carbocycles. The Hall–Kier alpha value is 0.991. The van der Waals surface area contributed by atoms with Gasteiger partial charge in [-0.05, 0) is 12.7 Å². The molecule has 0 bridgehead atoms. The summed E-state index contributed by atoms with van der Waals surface area (Å²) in [7, 11) is 0. The number of carbonyl (C=O) groups excluding carboxylic acids is 1. The van der Waals surface area contributed by atoms with Crippen LogP contribution in [0.5, 0.6) is 0 Å². The normalized spacial score (nSPS) is 4.56. The fourth-order valence-electron chi connectivity index (χ4n) is 0. The van der Waals surface area contributed by atoms with E-state index in [1.54, 1.807) is 6.92 Å². The Morgan fingerprint density at radius 2 is 1.31 bits per heavy atom. The van der Waals surface area contributed by atoms with Crippen molar-refractivity contribution in [2.24, 2.45) is 0 Å². The molecule has 0 saturated heterocycles. The van der Waals surface area contributed by atoms with Crippen LogP contribution in [0.2, 0.25) is 0 Å². The number of carboxylic acids is 2. The molecule has 16 heavy (non-hydrogen) atoms. The second-order valence-corrected chi connectivity index (χ2v) is 1.96. The van der Waals surface area contributed by atoms with Gasteiger partial charge in [0.05, 0.1) is 13.8 Å². The van der Waals surface area contributed by atoms with Gasteiger partial charge in [-0.25, -0.2) is 0 Å². The van der Waals surface area contributed by atoms with Gasteiger partial charge < -0.3 is 28.5 Å². The predicted octanol–water partition coefficient (Wildman–Crippen LogP) is 0.348. The van der Waals surface area contributed by atoms with Crippen LogP contribution in [0, 0.1) is 6.92 Å². The van der Waals surface area contributed by atoms with Crippen LogP contribution in [0.15, 0.2) is 0 Å². The minimum atomic E-state index is -1.08. The second kappa shape index (κ2) is 56.3. The van der Waals surface area contributed by atoms with Crippen molar-refractivity contribution < 1.29 is 64.6 Å². The van der Waals surface area contributed by atoms with Crippen LogP contribution < -0.4 is 5.11 Å². The molecular formula is C8H19Ag2O4S2. The van der Waals surface area contributed by atoms with E-state index in [9.17, 15) is 0 Å². The molecule has 0 aliphatic heterocycles. The second-order valence-electron chi connectivity index (χ2n) is 1.33. The summed E-state index contributed by atoms with van der Waals surface area (Å²) in [5.74, 6) is -0.972. The molecule has 0 aromatic carbocycles. The zero-order valence-electron chi connectivity index (χ0n) is 9.58. The van der Waals surface area contributed by atoms with Crippen LogP contribution in [-0.2, 0) is 67.8 Å². The topological polar surface area (TPSA) is 77.4 Å². The van der Waals surface area contributed by atoms with E-state index in [-0.39, 0.29) is 58.3 Å². The number of carboxylic acid groups (broad SMARTS) is 2. The van der Waals surface area contributed by atoms with E-state index >= 15 is 0 Å². The average molecular weight is 459 g/mol. The first-order chi connectivity index (χ1) is 5.88. The van der Waals surface area contributed by atoms with Gasteiger partial charge >= 0.3 is 22.4 Å². The summed E-state index contributed by atoms with van der Waals surface area (Å²) >= 11 is 3.79. The third-order valence-corrected chi connectivity index (χ3v) is 0. The summed E-state index contributed by atoms with van der Waals surface area (Å²) < 4.78 is 0. The summed E-state index contributed by atoms with van der Waals surface area (Å²) in [5, 5.41) is 16.3. The fourth-order valence-corrected chi connectivity index (χ4v) is 0. The van der Waals surface area contributed by atoms with E-state index in [0.29, 0.717) is 0 Å². The molecule has 4 nitrogen and oxygen atoms in total. The van der Waals surface area contributed by atoms with Crippen LogP contribution in [0.3, 0.4) is 0 Å². The summed E-state index contributed by atoms with van der Waals surface area (Å²) in [6.45, 7) is 9.04. The SMILES string of the molecule is CC(=O)O.CC(=O)[O-].CCS.[Ag+].[Ag].[CH2+]C.[SH-]. The molecule has 0 amide bonds. The van der Waals surface area contributed by atoms with Gasteiger partial charge in [-0.1, -0.05) is 6.92 Å². The smallest absolute Gasteiger partial charge is 0.813 e. The summed E-state index contributed by atoms with van der Waals surface area (Å²) in [6.07, 6.45) is 0. The zero-order valence-corrected chi connectivity index (χ0v) is 14.3. The van der Waals surface area contributed by atoms with Crippen molar-refractivity contribution >= 4 is 38.1 Å². The van der Waals surface area contributed by atoms with Crippen LogP contribution in [0.4, 0.5) is 0 Å². The Bertz CT molecular complexity index is 96.2. The Morgan fingerprint density at radius 1 is 1.31 bits per heavy atom. The van der Waals surface area contributed by atoms with Crippen LogP contribution in [-0.4, -0.2) is 22.8 Å². The number of aliphatic carboxylic acids is 2. The van der Waals surface area contributed by atoms with Crippen molar-refractivity contribution in [2.75, 3.05) is 5.75 Å². The number of carbonyl (C=O) groups is 2. The molecule has 1 N–H and O–H groups in total. The predicted molar refractivity (Wildman–Crippen MR) is 63.3 cm³/mol. The Labute approximate surface area is 142 Å². The molecule has 0 fully saturated rings. The number of hydrogen-bond acceptors (Lipinski definition) is 5. The molecule has 0 atom stereocenters. The maximum absolute atomic E-state index is 9.00. The molecule has 0 aliphatic rings. The summed E-state index contributed by atoms with van der Waals surface area (Å²) in [6, 6.07) is 0. The van der Waals surface area contributed by atoms with Crippen LogP contribution >= 0.6 is 12.6 Å². The van der Waals surface area contributed by atoms with Crippen molar-refractivity contribution in [1.82, 2.24) is 0 Å². The Balaban J connectivity index is -0.0000000131. The molecule has 0 rings (SSSR count). The van der Waals surface area contributed by atoms with Crippen molar-refractivity contribution in [3.8, 4) is 0 Å². The third kappa shape index (κ3) is 2990. The molecule has 0 heterocycles. The quantitative estimate of drug-likeness (QED) is 0.237. The number of hydrogen-bond donors (Lipinski definition) is 2. The molecule has 0 saturated carbocycles. The minimum absolute atomic E-state index is 0. The van der Waals surface area contributed by atoms with Gasteiger partial charge in [-0.3, -0.25) is 4.79 Å². The first-order valence-corrected chi connectivity index (χ1v) is 4.20. The molecule has 0 unspecified atom stereocenters. The van der Waals surface area contributed by atoms with Crippen molar-refractivity contribution in [3.63, 3.8) is 0 Å². The third-order valence-electron chi connectivity index (χ3n) is 0. The monoisotopic (exact) mass is 457 g/mol. The van der Waals surface area contributed by atoms with E-state index < -0.39 is 11.9 Å². The molecule has 0 spiro atoms. The van der Waals surface area contributed by atoms with Gasteiger partial charge in [0, 0.05) is 35.3 Å². The van der Waals surface area contributed by atoms with Gasteiger partial charge in [0.15, 0.2) is 0 Å². The van der Waals surface area contributed by atoms with E-state index in [0.717, 1.165) is 19.6 Å². The van der Waals surface area contributed by atoms with Gasteiger partial charge in [0.25, 0.3) is 5.97 Å². The van der Waals surface area contributed by atoms with Crippen molar-refractivity contribution in [1.29, 1.82) is 0 Å². The standard InChI is InChI=1S/2C2H4O2.C2H6S.C2H5.2Ag.H2S/c2*1-2(3)4;1-2-3;1-2;;;/h2*1H3,(H,3,4);3H,2H2,1H3;1H2,2H3;;;1H2/q;;;+1;;+1;/p-2. The molecule has 8 heteroatoms.